The van der Waals surface area contributed by atoms with Crippen LogP contribution in [0.5, 0.6) is 0 Å². The fourth-order valence-electron chi connectivity index (χ4n) is 1.49. The van der Waals surface area contributed by atoms with Crippen molar-refractivity contribution in [1.29, 1.82) is 5.26 Å². The van der Waals surface area contributed by atoms with Crippen LogP contribution in [0, 0.1) is 18.3 Å². The molecule has 0 fully saturated rings. The quantitative estimate of drug-likeness (QED) is 0.830. The molecule has 0 saturated heterocycles. The number of nitriles is 1. The van der Waals surface area contributed by atoms with Gasteiger partial charge in [-0.15, -0.1) is 0 Å². The van der Waals surface area contributed by atoms with E-state index < -0.39 is 16.1 Å². The number of sulfonamides is 1. The van der Waals surface area contributed by atoms with Crippen molar-refractivity contribution < 1.29 is 13.5 Å². The molecule has 0 saturated carbocycles. The zero-order chi connectivity index (χ0) is 13.8. The van der Waals surface area contributed by atoms with Gasteiger partial charge >= 0.3 is 0 Å². The molecule has 6 heteroatoms. The zero-order valence-corrected chi connectivity index (χ0v) is 11.2. The molecule has 1 atom stereocenters. The zero-order valence-electron chi connectivity index (χ0n) is 10.3. The Bertz CT molecular complexity index is 557. The maximum absolute atomic E-state index is 12.1. The number of aliphatic hydroxyl groups is 1. The maximum Gasteiger partial charge on any atom is 0.241 e. The summed E-state index contributed by atoms with van der Waals surface area (Å²) >= 11 is 0. The highest BCUT2D eigenvalue weighted by atomic mass is 32.2. The molecule has 0 aliphatic heterocycles. The fourth-order valence-corrected chi connectivity index (χ4v) is 3.07. The molecule has 1 rings (SSSR count). The van der Waals surface area contributed by atoms with E-state index in [-0.39, 0.29) is 17.1 Å². The van der Waals surface area contributed by atoms with Crippen molar-refractivity contribution in [3.05, 3.63) is 29.3 Å². The standard InChI is InChI=1S/C12H16N2O3S/c1-3-11(8-15)14-18(16,17)12-6-10(7-13)5-4-9(12)2/h4-6,11,14-15H,3,8H2,1-2H3/t11-/m0/s1. The normalized spacial score (nSPS) is 13.0. The molecule has 0 unspecified atom stereocenters. The summed E-state index contributed by atoms with van der Waals surface area (Å²) in [7, 11) is -3.71. The highest BCUT2D eigenvalue weighted by molar-refractivity contribution is 7.89. The molecule has 18 heavy (non-hydrogen) atoms. The second-order valence-electron chi connectivity index (χ2n) is 4.00. The molecule has 1 aromatic carbocycles. The number of nitrogens with one attached hydrogen (secondary N) is 1. The molecular weight excluding hydrogens is 252 g/mol. The molecule has 98 valence electrons. The summed E-state index contributed by atoms with van der Waals surface area (Å²) in [6, 6.07) is 5.89. The van der Waals surface area contributed by atoms with Crippen molar-refractivity contribution in [1.82, 2.24) is 4.72 Å². The van der Waals surface area contributed by atoms with Crippen LogP contribution in [0.15, 0.2) is 23.1 Å². The largest absolute Gasteiger partial charge is 0.395 e. The van der Waals surface area contributed by atoms with Crippen LogP contribution in [0.25, 0.3) is 0 Å². The van der Waals surface area contributed by atoms with Crippen LogP contribution in [0.4, 0.5) is 0 Å². The smallest absolute Gasteiger partial charge is 0.241 e. The minimum absolute atomic E-state index is 0.0773. The predicted molar refractivity (Wildman–Crippen MR) is 67.4 cm³/mol. The van der Waals surface area contributed by atoms with E-state index >= 15 is 0 Å². The van der Waals surface area contributed by atoms with Gasteiger partial charge in [0.15, 0.2) is 0 Å². The first kappa shape index (κ1) is 14.6. The average Bonchev–Trinajstić information content (AvgIpc) is 2.36. The van der Waals surface area contributed by atoms with Crippen molar-refractivity contribution in [2.45, 2.75) is 31.2 Å². The summed E-state index contributed by atoms with van der Waals surface area (Å²) in [5.41, 5.74) is 0.854. The molecule has 1 aromatic rings. The van der Waals surface area contributed by atoms with Crippen LogP contribution in [0.1, 0.15) is 24.5 Å². The van der Waals surface area contributed by atoms with Crippen molar-refractivity contribution in [2.75, 3.05) is 6.61 Å². The monoisotopic (exact) mass is 268 g/mol. The van der Waals surface area contributed by atoms with Crippen molar-refractivity contribution in [3.63, 3.8) is 0 Å². The van der Waals surface area contributed by atoms with E-state index in [0.29, 0.717) is 12.0 Å². The third kappa shape index (κ3) is 3.29. The molecule has 0 amide bonds. The highest BCUT2D eigenvalue weighted by Crippen LogP contribution is 2.17. The number of hydrogen-bond acceptors (Lipinski definition) is 4. The topological polar surface area (TPSA) is 90.2 Å². The Morgan fingerprint density at radius 1 is 1.50 bits per heavy atom. The number of rotatable bonds is 5. The molecule has 0 heterocycles. The average molecular weight is 268 g/mol. The van der Waals surface area contributed by atoms with Gasteiger partial charge in [-0.25, -0.2) is 13.1 Å². The van der Waals surface area contributed by atoms with Gasteiger partial charge in [0.1, 0.15) is 0 Å². The van der Waals surface area contributed by atoms with Crippen LogP contribution in [0.3, 0.4) is 0 Å². The molecule has 0 bridgehead atoms. The second kappa shape index (κ2) is 5.96. The van der Waals surface area contributed by atoms with Crippen LogP contribution < -0.4 is 4.72 Å². The third-order valence-electron chi connectivity index (χ3n) is 2.64. The minimum atomic E-state index is -3.71. The Hall–Kier alpha value is -1.42. The molecule has 0 aliphatic rings. The summed E-state index contributed by atoms with van der Waals surface area (Å²) in [6.07, 6.45) is 0.493. The highest BCUT2D eigenvalue weighted by Gasteiger charge is 2.20. The van der Waals surface area contributed by atoms with Gasteiger partial charge in [-0.2, -0.15) is 5.26 Å². The van der Waals surface area contributed by atoms with Gasteiger partial charge in [0, 0.05) is 6.04 Å². The van der Waals surface area contributed by atoms with Crippen LogP contribution in [0.2, 0.25) is 0 Å². The summed E-state index contributed by atoms with van der Waals surface area (Å²) in [5, 5.41) is 17.8. The van der Waals surface area contributed by atoms with Crippen LogP contribution in [-0.2, 0) is 10.0 Å². The van der Waals surface area contributed by atoms with Gasteiger partial charge in [0.05, 0.1) is 23.1 Å². The summed E-state index contributed by atoms with van der Waals surface area (Å²) in [6.45, 7) is 3.18. The molecule has 0 aromatic heterocycles. The van der Waals surface area contributed by atoms with Gasteiger partial charge in [-0.05, 0) is 31.0 Å². The van der Waals surface area contributed by atoms with E-state index in [1.807, 2.05) is 6.07 Å². The summed E-state index contributed by atoms with van der Waals surface area (Å²) in [5.74, 6) is 0. The Labute approximate surface area is 107 Å². The van der Waals surface area contributed by atoms with Crippen molar-refractivity contribution in [2.24, 2.45) is 0 Å². The number of nitrogens with zero attached hydrogens (tertiary/aromatic N) is 1. The lowest BCUT2D eigenvalue weighted by molar-refractivity contribution is 0.254. The SMILES string of the molecule is CC[C@@H](CO)NS(=O)(=O)c1cc(C#N)ccc1C. The summed E-state index contributed by atoms with van der Waals surface area (Å²) in [4.78, 5) is 0.0773. The third-order valence-corrected chi connectivity index (χ3v) is 4.30. The number of aliphatic hydroxyl groups excluding tert-OH is 1. The lowest BCUT2D eigenvalue weighted by Gasteiger charge is -2.15. The number of hydrogen-bond donors (Lipinski definition) is 2. The first-order valence-electron chi connectivity index (χ1n) is 5.58. The van der Waals surface area contributed by atoms with E-state index in [9.17, 15) is 8.42 Å². The van der Waals surface area contributed by atoms with Gasteiger partial charge in [0.25, 0.3) is 0 Å². The Balaban J connectivity index is 3.16. The summed E-state index contributed by atoms with van der Waals surface area (Å²) < 4.78 is 26.6. The van der Waals surface area contributed by atoms with Gasteiger partial charge in [-0.3, -0.25) is 0 Å². The Morgan fingerprint density at radius 2 is 2.17 bits per heavy atom. The lowest BCUT2D eigenvalue weighted by Crippen LogP contribution is -2.37. The van der Waals surface area contributed by atoms with E-state index in [0.717, 1.165) is 0 Å². The van der Waals surface area contributed by atoms with Crippen molar-refractivity contribution >= 4 is 10.0 Å². The minimum Gasteiger partial charge on any atom is -0.395 e. The van der Waals surface area contributed by atoms with E-state index in [1.54, 1.807) is 26.0 Å². The maximum atomic E-state index is 12.1. The first-order chi connectivity index (χ1) is 8.44. The van der Waals surface area contributed by atoms with E-state index in [4.69, 9.17) is 10.4 Å². The molecule has 2 N–H and O–H groups in total. The van der Waals surface area contributed by atoms with E-state index in [1.165, 1.54) is 6.07 Å². The second-order valence-corrected chi connectivity index (χ2v) is 5.68. The molecular formula is C12H16N2O3S. The number of aryl methyl sites for hydroxylation is 1. The van der Waals surface area contributed by atoms with Crippen LogP contribution in [-0.4, -0.2) is 26.2 Å². The lowest BCUT2D eigenvalue weighted by atomic mass is 10.2. The van der Waals surface area contributed by atoms with Crippen molar-refractivity contribution in [3.8, 4) is 6.07 Å². The van der Waals surface area contributed by atoms with Crippen LogP contribution >= 0.6 is 0 Å². The molecule has 0 radical (unpaired) electrons. The van der Waals surface area contributed by atoms with Gasteiger partial charge in [-0.1, -0.05) is 13.0 Å². The Kier molecular flexibility index (Phi) is 4.84. The first-order valence-corrected chi connectivity index (χ1v) is 7.06. The molecule has 5 nitrogen and oxygen atoms in total. The fraction of sp³-hybridized carbons (Fsp3) is 0.417. The molecule has 0 spiro atoms. The van der Waals surface area contributed by atoms with Gasteiger partial charge < -0.3 is 5.11 Å². The van der Waals surface area contributed by atoms with Gasteiger partial charge in [0.2, 0.25) is 10.0 Å². The predicted octanol–water partition coefficient (Wildman–Crippen LogP) is 0.916. The molecule has 0 aliphatic carbocycles. The van der Waals surface area contributed by atoms with E-state index in [2.05, 4.69) is 4.72 Å². The number of benzene rings is 1. The Morgan fingerprint density at radius 3 is 2.67 bits per heavy atom.